The Hall–Kier alpha value is -5.44. The number of anilines is 1. The molecule has 1 aliphatic heterocycles. The number of carbonyl (C=O) groups is 5. The van der Waals surface area contributed by atoms with E-state index in [4.69, 9.17) is 0 Å². The lowest BCUT2D eigenvalue weighted by atomic mass is 9.85. The zero-order valence-corrected chi connectivity index (χ0v) is 38.4. The summed E-state index contributed by atoms with van der Waals surface area (Å²) in [6.07, 6.45) is 5.92. The zero-order chi connectivity index (χ0) is 45.5. The minimum absolute atomic E-state index is 0.0167. The van der Waals surface area contributed by atoms with Crippen LogP contribution >= 0.6 is 11.3 Å². The van der Waals surface area contributed by atoms with Crippen molar-refractivity contribution in [1.29, 1.82) is 0 Å². The molecule has 1 fully saturated rings. The second-order valence-electron chi connectivity index (χ2n) is 17.6. The molecule has 14 heteroatoms. The van der Waals surface area contributed by atoms with E-state index < -0.39 is 23.6 Å². The molecule has 0 radical (unpaired) electrons. The number of nitrogens with zero attached hydrogens (tertiary/aromatic N) is 2. The molecule has 4 atom stereocenters. The number of rotatable bonds is 21. The summed E-state index contributed by atoms with van der Waals surface area (Å²) in [5.74, 6) is -1.17. The van der Waals surface area contributed by atoms with Gasteiger partial charge in [-0.1, -0.05) is 102 Å². The van der Waals surface area contributed by atoms with Crippen LogP contribution in [0.25, 0.3) is 21.6 Å². The van der Waals surface area contributed by atoms with E-state index in [1.807, 2.05) is 108 Å². The van der Waals surface area contributed by atoms with Gasteiger partial charge in [-0.15, -0.1) is 11.3 Å². The van der Waals surface area contributed by atoms with Gasteiger partial charge in [-0.3, -0.25) is 29.4 Å². The number of nitrogens with one attached hydrogen (secondary N) is 5. The first kappa shape index (κ1) is 48.6. The standard InChI is InChI=1S/C49H65N7O6S/c1-7-28-51-55-46(60)38-22-18-35(19-23-38)36-24-26-39(27-25-36)53-42(58)14-12-10-8-9-11-13-15-43(59)54-45(49(4,5)6)48(62)56-30-40(57)29-41(56)47(61)52-32(2)34-16-20-37(21-17-34)44-33(3)50-31-63-44/h16-27,31-32,40-41,45,51,57H,7-15,28-30H2,1-6H3,(H,52,61)(H,53,58)(H,54,59)(H,55,60)/t32-,40+,41-,45?/m0/s1. The highest BCUT2D eigenvalue weighted by Gasteiger charge is 2.44. The van der Waals surface area contributed by atoms with Gasteiger partial charge in [0.2, 0.25) is 23.6 Å². The van der Waals surface area contributed by atoms with Crippen LogP contribution in [0.4, 0.5) is 5.69 Å². The van der Waals surface area contributed by atoms with Gasteiger partial charge in [0.15, 0.2) is 0 Å². The van der Waals surface area contributed by atoms with Crippen molar-refractivity contribution in [2.75, 3.05) is 18.4 Å². The summed E-state index contributed by atoms with van der Waals surface area (Å²) >= 11 is 1.58. The van der Waals surface area contributed by atoms with Crippen molar-refractivity contribution >= 4 is 46.6 Å². The molecule has 2 heterocycles. The van der Waals surface area contributed by atoms with Crippen LogP contribution in [0.2, 0.25) is 0 Å². The first-order chi connectivity index (χ1) is 30.1. The van der Waals surface area contributed by atoms with Gasteiger partial charge in [-0.2, -0.15) is 0 Å². The van der Waals surface area contributed by atoms with Gasteiger partial charge < -0.3 is 26.0 Å². The molecule has 1 unspecified atom stereocenters. The van der Waals surface area contributed by atoms with E-state index >= 15 is 0 Å². The van der Waals surface area contributed by atoms with Crippen molar-refractivity contribution in [1.82, 2.24) is 31.4 Å². The first-order valence-electron chi connectivity index (χ1n) is 22.3. The Bertz CT molecular complexity index is 2130. The van der Waals surface area contributed by atoms with Gasteiger partial charge in [0.25, 0.3) is 5.91 Å². The molecule has 13 nitrogen and oxygen atoms in total. The van der Waals surface area contributed by atoms with Crippen molar-refractivity contribution in [2.45, 2.75) is 130 Å². The van der Waals surface area contributed by atoms with Crippen molar-refractivity contribution in [3.63, 3.8) is 0 Å². The van der Waals surface area contributed by atoms with Gasteiger partial charge in [-0.25, -0.2) is 10.4 Å². The van der Waals surface area contributed by atoms with E-state index in [-0.39, 0.29) is 55.0 Å². The highest BCUT2D eigenvalue weighted by Crippen LogP contribution is 2.30. The minimum atomic E-state index is -0.874. The fourth-order valence-corrected chi connectivity index (χ4v) is 8.46. The number of β-amino-alcohol motifs (C(OH)–C–C–N with tert-alkyl or cyclic N) is 1. The number of benzene rings is 3. The molecule has 338 valence electrons. The summed E-state index contributed by atoms with van der Waals surface area (Å²) in [4.78, 5) is 72.5. The van der Waals surface area contributed by atoms with Gasteiger partial charge in [-0.05, 0) is 85.0 Å². The van der Waals surface area contributed by atoms with E-state index in [0.29, 0.717) is 24.9 Å². The van der Waals surface area contributed by atoms with Crippen LogP contribution in [0.15, 0.2) is 78.3 Å². The molecule has 4 aromatic rings. The highest BCUT2D eigenvalue weighted by atomic mass is 32.1. The second kappa shape index (κ2) is 23.3. The van der Waals surface area contributed by atoms with Crippen LogP contribution in [0.1, 0.15) is 126 Å². The molecule has 1 aromatic heterocycles. The van der Waals surface area contributed by atoms with Crippen LogP contribution in [0, 0.1) is 12.3 Å². The largest absolute Gasteiger partial charge is 0.391 e. The molecule has 3 aromatic carbocycles. The van der Waals surface area contributed by atoms with Crippen LogP contribution in [-0.4, -0.2) is 75.8 Å². The number of likely N-dealkylation sites (tertiary alicyclic amines) is 1. The second-order valence-corrected chi connectivity index (χ2v) is 18.4. The van der Waals surface area contributed by atoms with Crippen molar-refractivity contribution in [2.24, 2.45) is 5.41 Å². The van der Waals surface area contributed by atoms with Crippen LogP contribution in [0.5, 0.6) is 0 Å². The number of aliphatic hydroxyl groups excluding tert-OH is 1. The smallest absolute Gasteiger partial charge is 0.265 e. The lowest BCUT2D eigenvalue weighted by Gasteiger charge is -2.35. The van der Waals surface area contributed by atoms with Gasteiger partial charge in [0.05, 0.1) is 28.2 Å². The molecule has 1 aliphatic rings. The number of aromatic nitrogens is 1. The average molecular weight is 880 g/mol. The molecular weight excluding hydrogens is 815 g/mol. The predicted octanol–water partition coefficient (Wildman–Crippen LogP) is 7.86. The molecule has 1 saturated heterocycles. The third kappa shape index (κ3) is 14.3. The number of thiazole rings is 1. The summed E-state index contributed by atoms with van der Waals surface area (Å²) < 4.78 is 0. The predicted molar refractivity (Wildman–Crippen MR) is 250 cm³/mol. The van der Waals surface area contributed by atoms with E-state index in [2.05, 4.69) is 31.8 Å². The summed E-state index contributed by atoms with van der Waals surface area (Å²) in [6.45, 7) is 12.3. The van der Waals surface area contributed by atoms with Crippen molar-refractivity contribution < 1.29 is 29.1 Å². The zero-order valence-electron chi connectivity index (χ0n) is 37.6. The average Bonchev–Trinajstić information content (AvgIpc) is 3.88. The lowest BCUT2D eigenvalue weighted by molar-refractivity contribution is -0.144. The number of aliphatic hydroxyl groups is 1. The summed E-state index contributed by atoms with van der Waals surface area (Å²) in [5.41, 5.74) is 12.9. The molecule has 0 bridgehead atoms. The molecule has 0 spiro atoms. The summed E-state index contributed by atoms with van der Waals surface area (Å²) in [7, 11) is 0. The number of hydrogen-bond donors (Lipinski definition) is 6. The molecule has 0 aliphatic carbocycles. The van der Waals surface area contributed by atoms with Crippen LogP contribution in [-0.2, 0) is 19.2 Å². The van der Waals surface area contributed by atoms with E-state index in [1.165, 1.54) is 4.90 Å². The Balaban J connectivity index is 0.987. The van der Waals surface area contributed by atoms with Gasteiger partial charge in [0.1, 0.15) is 12.1 Å². The number of carbonyl (C=O) groups excluding carboxylic acids is 5. The minimum Gasteiger partial charge on any atom is -0.391 e. The lowest BCUT2D eigenvalue weighted by Crippen LogP contribution is -2.57. The molecule has 6 N–H and O–H groups in total. The summed E-state index contributed by atoms with van der Waals surface area (Å²) in [5, 5.41) is 19.6. The maximum Gasteiger partial charge on any atom is 0.265 e. The van der Waals surface area contributed by atoms with Crippen molar-refractivity contribution in [3.05, 3.63) is 95.1 Å². The molecular formula is C49H65N7O6S. The van der Waals surface area contributed by atoms with Crippen molar-refractivity contribution in [3.8, 4) is 21.6 Å². The fourth-order valence-electron chi connectivity index (χ4n) is 7.65. The highest BCUT2D eigenvalue weighted by molar-refractivity contribution is 7.13. The number of hydrazine groups is 1. The number of amides is 5. The quantitative estimate of drug-likeness (QED) is 0.0361. The van der Waals surface area contributed by atoms with Crippen LogP contribution < -0.4 is 26.8 Å². The Morgan fingerprint density at radius 1 is 0.810 bits per heavy atom. The van der Waals surface area contributed by atoms with E-state index in [1.54, 1.807) is 23.5 Å². The Morgan fingerprint density at radius 3 is 1.98 bits per heavy atom. The topological polar surface area (TPSA) is 182 Å². The fraction of sp³-hybridized carbons (Fsp3) is 0.469. The Labute approximate surface area is 376 Å². The van der Waals surface area contributed by atoms with Crippen LogP contribution in [0.3, 0.4) is 0 Å². The van der Waals surface area contributed by atoms with Gasteiger partial charge in [0, 0.05) is 43.6 Å². The molecule has 5 rings (SSSR count). The number of aryl methyl sites for hydroxylation is 1. The normalized spacial score (nSPS) is 16.0. The third-order valence-corrected chi connectivity index (χ3v) is 12.3. The maximum atomic E-state index is 14.0. The maximum absolute atomic E-state index is 14.0. The molecule has 63 heavy (non-hydrogen) atoms. The first-order valence-corrected chi connectivity index (χ1v) is 23.1. The number of hydrogen-bond acceptors (Lipinski definition) is 9. The van der Waals surface area contributed by atoms with E-state index in [0.717, 1.165) is 77.0 Å². The summed E-state index contributed by atoms with van der Waals surface area (Å²) in [6, 6.07) is 20.9. The Kier molecular flexibility index (Phi) is 18.0. The Morgan fingerprint density at radius 2 is 1.40 bits per heavy atom. The SMILES string of the molecule is CCCNNC(=O)c1ccc(-c2ccc(NC(=O)CCCCCCCCC(=O)NC(C(=O)N3C[C@H](O)C[C@H]3C(=O)N[C@@H](C)c3ccc(-c4scnc4C)cc3)C(C)(C)C)cc2)cc1. The monoisotopic (exact) mass is 879 g/mol. The molecule has 5 amide bonds. The van der Waals surface area contributed by atoms with E-state index in [9.17, 15) is 29.1 Å². The molecule has 0 saturated carbocycles. The number of unbranched alkanes of at least 4 members (excludes halogenated alkanes) is 5. The van der Waals surface area contributed by atoms with Gasteiger partial charge >= 0.3 is 0 Å². The third-order valence-electron chi connectivity index (χ3n) is 11.3.